The molecule has 0 spiro atoms. The second-order valence-electron chi connectivity index (χ2n) is 9.35. The van der Waals surface area contributed by atoms with Crippen molar-refractivity contribution in [1.29, 1.82) is 0 Å². The van der Waals surface area contributed by atoms with Gasteiger partial charge in [0.1, 0.15) is 10.7 Å². The van der Waals surface area contributed by atoms with Crippen molar-refractivity contribution >= 4 is 27.5 Å². The van der Waals surface area contributed by atoms with Crippen LogP contribution in [0.5, 0.6) is 0 Å². The zero-order chi connectivity index (χ0) is 24.6. The van der Waals surface area contributed by atoms with Gasteiger partial charge in [0.15, 0.2) is 0 Å². The first-order valence-electron chi connectivity index (χ1n) is 12.0. The highest BCUT2D eigenvalue weighted by molar-refractivity contribution is 7.92. The number of aromatic nitrogens is 2. The number of nitrogens with one attached hydrogen (secondary N) is 1. The fraction of sp³-hybridized carbons (Fsp3) is 0.346. The summed E-state index contributed by atoms with van der Waals surface area (Å²) in [6.45, 7) is 1.90. The Bertz CT molecular complexity index is 1340. The number of amides is 2. The van der Waals surface area contributed by atoms with E-state index in [1.165, 1.54) is 42.5 Å². The number of hydrogen-bond donors (Lipinski definition) is 1. The SMILES string of the molecule is C[C@@H](CC1CCCCC1)N1C(=O)c2cccc(NS(=O)(=O)c3ccc(-n4cccc4)nc3)c2C1=O. The number of sulfonamides is 1. The zero-order valence-electron chi connectivity index (χ0n) is 19.6. The molecule has 1 aliphatic heterocycles. The highest BCUT2D eigenvalue weighted by atomic mass is 32.2. The monoisotopic (exact) mass is 492 g/mol. The number of rotatable bonds is 7. The van der Waals surface area contributed by atoms with E-state index in [1.54, 1.807) is 22.8 Å². The highest BCUT2D eigenvalue weighted by Gasteiger charge is 2.41. The molecule has 2 amide bonds. The predicted molar refractivity (Wildman–Crippen MR) is 132 cm³/mol. The average molecular weight is 493 g/mol. The number of benzene rings is 1. The van der Waals surface area contributed by atoms with Gasteiger partial charge in [-0.3, -0.25) is 19.2 Å². The van der Waals surface area contributed by atoms with E-state index in [-0.39, 0.29) is 33.7 Å². The van der Waals surface area contributed by atoms with Crippen molar-refractivity contribution in [2.24, 2.45) is 5.92 Å². The van der Waals surface area contributed by atoms with Crippen LogP contribution in [0.1, 0.15) is 66.2 Å². The van der Waals surface area contributed by atoms with Crippen LogP contribution in [0, 0.1) is 5.92 Å². The van der Waals surface area contributed by atoms with Crippen LogP contribution in [0.3, 0.4) is 0 Å². The lowest BCUT2D eigenvalue weighted by Gasteiger charge is -2.29. The van der Waals surface area contributed by atoms with Crippen molar-refractivity contribution in [2.75, 3.05) is 4.72 Å². The van der Waals surface area contributed by atoms with Crippen LogP contribution in [-0.2, 0) is 10.0 Å². The molecule has 0 saturated heterocycles. The minimum Gasteiger partial charge on any atom is -0.309 e. The van der Waals surface area contributed by atoms with Gasteiger partial charge in [-0.1, -0.05) is 38.2 Å². The van der Waals surface area contributed by atoms with E-state index in [0.29, 0.717) is 11.7 Å². The summed E-state index contributed by atoms with van der Waals surface area (Å²) in [6.07, 6.45) is 11.5. The van der Waals surface area contributed by atoms with E-state index in [4.69, 9.17) is 0 Å². The van der Waals surface area contributed by atoms with Crippen molar-refractivity contribution in [3.05, 3.63) is 72.2 Å². The molecule has 0 unspecified atom stereocenters. The zero-order valence-corrected chi connectivity index (χ0v) is 20.4. The van der Waals surface area contributed by atoms with Gasteiger partial charge in [0, 0.05) is 24.6 Å². The Morgan fingerprint density at radius 3 is 2.43 bits per heavy atom. The predicted octanol–water partition coefficient (Wildman–Crippen LogP) is 4.63. The van der Waals surface area contributed by atoms with Gasteiger partial charge >= 0.3 is 0 Å². The number of carbonyl (C=O) groups is 2. The maximum Gasteiger partial charge on any atom is 0.263 e. The maximum absolute atomic E-state index is 13.4. The first kappa shape index (κ1) is 23.3. The number of anilines is 1. The van der Waals surface area contributed by atoms with Crippen molar-refractivity contribution in [1.82, 2.24) is 14.5 Å². The number of imide groups is 1. The number of fused-ring (bicyclic) bond motifs is 1. The molecule has 3 aromatic rings. The van der Waals surface area contributed by atoms with Gasteiger partial charge in [0.05, 0.1) is 16.8 Å². The Hall–Kier alpha value is -3.46. The first-order chi connectivity index (χ1) is 16.8. The van der Waals surface area contributed by atoms with Crippen molar-refractivity contribution < 1.29 is 18.0 Å². The van der Waals surface area contributed by atoms with E-state index in [9.17, 15) is 18.0 Å². The quantitative estimate of drug-likeness (QED) is 0.485. The number of nitrogens with zero attached hydrogens (tertiary/aromatic N) is 3. The lowest BCUT2D eigenvalue weighted by molar-refractivity contribution is 0.0571. The third-order valence-electron chi connectivity index (χ3n) is 6.93. The Kier molecular flexibility index (Phi) is 6.19. The van der Waals surface area contributed by atoms with Crippen LogP contribution >= 0.6 is 0 Å². The third kappa shape index (κ3) is 4.48. The van der Waals surface area contributed by atoms with Gasteiger partial charge in [0.2, 0.25) is 0 Å². The van der Waals surface area contributed by atoms with Crippen LogP contribution in [0.25, 0.3) is 5.82 Å². The van der Waals surface area contributed by atoms with Gasteiger partial charge in [-0.05, 0) is 55.7 Å². The average Bonchev–Trinajstić information content (AvgIpc) is 3.47. The highest BCUT2D eigenvalue weighted by Crippen LogP contribution is 2.35. The van der Waals surface area contributed by atoms with Crippen LogP contribution in [-0.4, -0.2) is 40.7 Å². The molecule has 3 heterocycles. The summed E-state index contributed by atoms with van der Waals surface area (Å²) in [7, 11) is -4.03. The molecule has 1 aromatic carbocycles. The van der Waals surface area contributed by atoms with Gasteiger partial charge in [-0.15, -0.1) is 0 Å². The van der Waals surface area contributed by atoms with Crippen molar-refractivity contribution in [3.8, 4) is 5.82 Å². The van der Waals surface area contributed by atoms with Crippen LogP contribution in [0.2, 0.25) is 0 Å². The normalized spacial score (nSPS) is 17.5. The van der Waals surface area contributed by atoms with Gasteiger partial charge in [-0.25, -0.2) is 13.4 Å². The molecule has 0 bridgehead atoms. The van der Waals surface area contributed by atoms with E-state index in [2.05, 4.69) is 9.71 Å². The molecule has 1 atom stereocenters. The maximum atomic E-state index is 13.4. The molecule has 1 aliphatic carbocycles. The standard InChI is InChI=1S/C26H28N4O4S/c1-18(16-19-8-3-2-4-9-19)30-25(31)21-10-7-11-22(24(21)26(30)32)28-35(33,34)20-12-13-23(27-17-20)29-14-5-6-15-29/h5-7,10-15,17-19,28H,2-4,8-9,16H2,1H3/t18-/m0/s1. The molecule has 1 saturated carbocycles. The molecule has 5 rings (SSSR count). The Morgan fingerprint density at radius 1 is 1.00 bits per heavy atom. The van der Waals surface area contributed by atoms with Gasteiger partial charge in [-0.2, -0.15) is 0 Å². The summed E-state index contributed by atoms with van der Waals surface area (Å²) in [5.74, 6) is 0.265. The summed E-state index contributed by atoms with van der Waals surface area (Å²) in [6, 6.07) is 11.2. The number of pyridine rings is 1. The molecule has 2 aliphatic rings. The first-order valence-corrected chi connectivity index (χ1v) is 13.5. The molecule has 1 fully saturated rings. The second kappa shape index (κ2) is 9.30. The van der Waals surface area contributed by atoms with Crippen LogP contribution in [0.15, 0.2) is 66.0 Å². The Labute approximate surface area is 205 Å². The number of carbonyl (C=O) groups excluding carboxylic acids is 2. The smallest absolute Gasteiger partial charge is 0.263 e. The molecular weight excluding hydrogens is 464 g/mol. The molecule has 182 valence electrons. The van der Waals surface area contributed by atoms with Crippen molar-refractivity contribution in [2.45, 2.75) is 56.4 Å². The Balaban J connectivity index is 1.38. The summed E-state index contributed by atoms with van der Waals surface area (Å²) in [5.41, 5.74) is 0.433. The summed E-state index contributed by atoms with van der Waals surface area (Å²) < 4.78 is 30.5. The van der Waals surface area contributed by atoms with Gasteiger partial charge < -0.3 is 4.57 Å². The van der Waals surface area contributed by atoms with E-state index >= 15 is 0 Å². The van der Waals surface area contributed by atoms with Crippen LogP contribution < -0.4 is 4.72 Å². The second-order valence-corrected chi connectivity index (χ2v) is 11.0. The molecule has 1 N–H and O–H groups in total. The fourth-order valence-corrected chi connectivity index (χ4v) is 6.19. The Morgan fingerprint density at radius 2 is 1.74 bits per heavy atom. The van der Waals surface area contributed by atoms with E-state index in [0.717, 1.165) is 19.3 Å². The van der Waals surface area contributed by atoms with E-state index < -0.39 is 15.9 Å². The molecule has 35 heavy (non-hydrogen) atoms. The summed E-state index contributed by atoms with van der Waals surface area (Å²) >= 11 is 0. The van der Waals surface area contributed by atoms with Crippen molar-refractivity contribution in [3.63, 3.8) is 0 Å². The van der Waals surface area contributed by atoms with Crippen LogP contribution in [0.4, 0.5) is 5.69 Å². The lowest BCUT2D eigenvalue weighted by Crippen LogP contribution is -2.39. The topological polar surface area (TPSA) is 101 Å². The minimum atomic E-state index is -4.03. The molecule has 2 aromatic heterocycles. The molecular formula is C26H28N4O4S. The molecule has 9 heteroatoms. The molecule has 8 nitrogen and oxygen atoms in total. The lowest BCUT2D eigenvalue weighted by atomic mass is 9.85. The minimum absolute atomic E-state index is 0.0368. The summed E-state index contributed by atoms with van der Waals surface area (Å²) in [4.78, 5) is 32.0. The molecule has 0 radical (unpaired) electrons. The summed E-state index contributed by atoms with van der Waals surface area (Å²) in [5, 5.41) is 0. The van der Waals surface area contributed by atoms with E-state index in [1.807, 2.05) is 31.5 Å². The third-order valence-corrected chi connectivity index (χ3v) is 8.28. The fourth-order valence-electron chi connectivity index (χ4n) is 5.17. The number of hydrogen-bond acceptors (Lipinski definition) is 5. The largest absolute Gasteiger partial charge is 0.309 e. The van der Waals surface area contributed by atoms with Gasteiger partial charge in [0.25, 0.3) is 21.8 Å².